The largest absolute Gasteiger partial charge is 0.326 e. The van der Waals surface area contributed by atoms with Crippen LogP contribution in [0.4, 0.5) is 0 Å². The second-order valence-corrected chi connectivity index (χ2v) is 6.61. The van der Waals surface area contributed by atoms with Crippen molar-refractivity contribution in [1.82, 2.24) is 9.80 Å². The fourth-order valence-electron chi connectivity index (χ4n) is 3.18. The lowest BCUT2D eigenvalue weighted by molar-refractivity contribution is 0.0274. The number of benzene rings is 1. The Hall–Kier alpha value is -0.610. The van der Waals surface area contributed by atoms with Crippen LogP contribution in [0, 0.1) is 0 Å². The lowest BCUT2D eigenvalue weighted by Crippen LogP contribution is -2.57. The van der Waals surface area contributed by atoms with Crippen molar-refractivity contribution in [3.63, 3.8) is 0 Å². The van der Waals surface area contributed by atoms with E-state index in [2.05, 4.69) is 49.8 Å². The van der Waals surface area contributed by atoms with Crippen LogP contribution in [-0.4, -0.2) is 48.1 Å². The molecule has 2 rings (SSSR count). The van der Waals surface area contributed by atoms with Crippen LogP contribution in [0.15, 0.2) is 24.3 Å². The lowest BCUT2D eigenvalue weighted by atomic mass is 9.96. The maximum absolute atomic E-state index is 6.27. The monoisotopic (exact) mass is 295 g/mol. The first kappa shape index (κ1) is 15.8. The first-order valence-corrected chi connectivity index (χ1v) is 7.75. The topological polar surface area (TPSA) is 32.5 Å². The second kappa shape index (κ2) is 6.44. The van der Waals surface area contributed by atoms with Crippen LogP contribution in [0.25, 0.3) is 0 Å². The Bertz CT molecular complexity index is 420. The van der Waals surface area contributed by atoms with Crippen LogP contribution in [0.3, 0.4) is 0 Å². The molecule has 0 aromatic heterocycles. The third-order valence-corrected chi connectivity index (χ3v) is 4.74. The van der Waals surface area contributed by atoms with Gasteiger partial charge < -0.3 is 5.73 Å². The molecule has 4 heteroatoms. The van der Waals surface area contributed by atoms with Crippen molar-refractivity contribution in [2.24, 2.45) is 5.73 Å². The maximum atomic E-state index is 6.27. The fourth-order valence-corrected chi connectivity index (χ4v) is 3.31. The van der Waals surface area contributed by atoms with Gasteiger partial charge in [0.2, 0.25) is 0 Å². The molecule has 1 saturated heterocycles. The molecule has 1 heterocycles. The molecule has 0 spiro atoms. The normalized spacial score (nSPS) is 28.3. The van der Waals surface area contributed by atoms with Crippen molar-refractivity contribution in [3.05, 3.63) is 34.9 Å². The lowest BCUT2D eigenvalue weighted by Gasteiger charge is -2.46. The second-order valence-electron chi connectivity index (χ2n) is 6.17. The minimum Gasteiger partial charge on any atom is -0.326 e. The molecule has 1 aromatic carbocycles. The highest BCUT2D eigenvalue weighted by Gasteiger charge is 2.32. The van der Waals surface area contributed by atoms with Gasteiger partial charge in [0.15, 0.2) is 0 Å². The van der Waals surface area contributed by atoms with Gasteiger partial charge in [-0.05, 0) is 45.5 Å². The molecule has 1 aliphatic heterocycles. The van der Waals surface area contributed by atoms with E-state index in [1.54, 1.807) is 0 Å². The van der Waals surface area contributed by atoms with E-state index >= 15 is 0 Å². The standard InChI is InChI=1S/C16H26ClN3/c1-11-9-20(10-12(2)19(11)4)16(13(3)18)14-5-7-15(17)8-6-14/h5-8,11-13,16H,9-10,18H2,1-4H3. The van der Waals surface area contributed by atoms with Crippen molar-refractivity contribution in [2.45, 2.75) is 44.9 Å². The van der Waals surface area contributed by atoms with Crippen molar-refractivity contribution < 1.29 is 0 Å². The van der Waals surface area contributed by atoms with Crippen LogP contribution >= 0.6 is 11.6 Å². The summed E-state index contributed by atoms with van der Waals surface area (Å²) in [6.45, 7) is 8.75. The van der Waals surface area contributed by atoms with E-state index in [9.17, 15) is 0 Å². The predicted octanol–water partition coefficient (Wildman–Crippen LogP) is 2.75. The third kappa shape index (κ3) is 3.34. The van der Waals surface area contributed by atoms with Crippen LogP contribution < -0.4 is 5.73 Å². The number of nitrogens with two attached hydrogens (primary N) is 1. The van der Waals surface area contributed by atoms with Gasteiger partial charge in [-0.25, -0.2) is 0 Å². The average molecular weight is 296 g/mol. The maximum Gasteiger partial charge on any atom is 0.0497 e. The molecular weight excluding hydrogens is 270 g/mol. The van der Waals surface area contributed by atoms with Crippen molar-refractivity contribution in [1.29, 1.82) is 0 Å². The van der Waals surface area contributed by atoms with Gasteiger partial charge in [0.1, 0.15) is 0 Å². The van der Waals surface area contributed by atoms with E-state index in [-0.39, 0.29) is 12.1 Å². The Morgan fingerprint density at radius 3 is 2.10 bits per heavy atom. The molecule has 0 radical (unpaired) electrons. The summed E-state index contributed by atoms with van der Waals surface area (Å²) in [5, 5.41) is 0.775. The van der Waals surface area contributed by atoms with Crippen molar-refractivity contribution in [3.8, 4) is 0 Å². The Morgan fingerprint density at radius 1 is 1.15 bits per heavy atom. The molecule has 4 atom stereocenters. The van der Waals surface area contributed by atoms with Crippen molar-refractivity contribution >= 4 is 11.6 Å². The van der Waals surface area contributed by atoms with E-state index in [0.717, 1.165) is 18.1 Å². The van der Waals surface area contributed by atoms with Gasteiger partial charge in [-0.3, -0.25) is 9.80 Å². The molecule has 0 amide bonds. The van der Waals surface area contributed by atoms with E-state index < -0.39 is 0 Å². The highest BCUT2D eigenvalue weighted by molar-refractivity contribution is 6.30. The molecule has 112 valence electrons. The first-order chi connectivity index (χ1) is 9.40. The number of rotatable bonds is 3. The molecular formula is C16H26ClN3. The molecule has 1 aliphatic rings. The highest BCUT2D eigenvalue weighted by Crippen LogP contribution is 2.28. The highest BCUT2D eigenvalue weighted by atomic mass is 35.5. The van der Waals surface area contributed by atoms with Gasteiger partial charge in [-0.2, -0.15) is 0 Å². The van der Waals surface area contributed by atoms with Crippen LogP contribution in [0.2, 0.25) is 5.02 Å². The number of hydrogen-bond acceptors (Lipinski definition) is 3. The molecule has 4 unspecified atom stereocenters. The van der Waals surface area contributed by atoms with Gasteiger partial charge in [0, 0.05) is 42.3 Å². The summed E-state index contributed by atoms with van der Waals surface area (Å²) in [5.41, 5.74) is 7.53. The molecule has 0 saturated carbocycles. The van der Waals surface area contributed by atoms with E-state index in [1.807, 2.05) is 12.1 Å². The molecule has 1 fully saturated rings. The number of hydrogen-bond donors (Lipinski definition) is 1. The Morgan fingerprint density at radius 2 is 1.65 bits per heavy atom. The molecule has 2 N–H and O–H groups in total. The molecule has 0 aliphatic carbocycles. The van der Waals surface area contributed by atoms with Gasteiger partial charge in [0.25, 0.3) is 0 Å². The quantitative estimate of drug-likeness (QED) is 0.931. The molecule has 20 heavy (non-hydrogen) atoms. The summed E-state index contributed by atoms with van der Waals surface area (Å²) >= 11 is 6.00. The number of nitrogens with zero attached hydrogens (tertiary/aromatic N) is 2. The number of likely N-dealkylation sites (N-methyl/N-ethyl adjacent to an activating group) is 1. The summed E-state index contributed by atoms with van der Waals surface area (Å²) in [5.74, 6) is 0. The first-order valence-electron chi connectivity index (χ1n) is 7.37. The third-order valence-electron chi connectivity index (χ3n) is 4.49. The summed E-state index contributed by atoms with van der Waals surface area (Å²) in [6, 6.07) is 9.56. The molecule has 0 bridgehead atoms. The SMILES string of the molecule is CC(N)C(c1ccc(Cl)cc1)N1CC(C)N(C)C(C)C1. The van der Waals surface area contributed by atoms with Crippen LogP contribution in [0.1, 0.15) is 32.4 Å². The van der Waals surface area contributed by atoms with Crippen molar-refractivity contribution in [2.75, 3.05) is 20.1 Å². The van der Waals surface area contributed by atoms with E-state index in [4.69, 9.17) is 17.3 Å². The molecule has 1 aromatic rings. The van der Waals surface area contributed by atoms with Gasteiger partial charge in [0.05, 0.1) is 0 Å². The summed E-state index contributed by atoms with van der Waals surface area (Å²) < 4.78 is 0. The minimum atomic E-state index is 0.0963. The van der Waals surface area contributed by atoms with E-state index in [1.165, 1.54) is 5.56 Å². The minimum absolute atomic E-state index is 0.0963. The predicted molar refractivity (Wildman–Crippen MR) is 86.1 cm³/mol. The zero-order chi connectivity index (χ0) is 14.9. The Balaban J connectivity index is 2.23. The summed E-state index contributed by atoms with van der Waals surface area (Å²) in [4.78, 5) is 4.96. The van der Waals surface area contributed by atoms with Gasteiger partial charge in [-0.1, -0.05) is 23.7 Å². The summed E-state index contributed by atoms with van der Waals surface area (Å²) in [6.07, 6.45) is 0. The molecule has 3 nitrogen and oxygen atoms in total. The van der Waals surface area contributed by atoms with Crippen LogP contribution in [-0.2, 0) is 0 Å². The number of halogens is 1. The Labute approximate surface area is 127 Å². The summed E-state index contributed by atoms with van der Waals surface area (Å²) in [7, 11) is 2.20. The smallest absolute Gasteiger partial charge is 0.0497 e. The van der Waals surface area contributed by atoms with Gasteiger partial charge in [-0.15, -0.1) is 0 Å². The van der Waals surface area contributed by atoms with Crippen LogP contribution in [0.5, 0.6) is 0 Å². The zero-order valence-electron chi connectivity index (χ0n) is 12.9. The number of piperazine rings is 1. The van der Waals surface area contributed by atoms with E-state index in [0.29, 0.717) is 12.1 Å². The zero-order valence-corrected chi connectivity index (χ0v) is 13.6. The van der Waals surface area contributed by atoms with Gasteiger partial charge >= 0.3 is 0 Å². The Kier molecular flexibility index (Phi) is 5.08. The average Bonchev–Trinajstić information content (AvgIpc) is 2.38. The fraction of sp³-hybridized carbons (Fsp3) is 0.625.